The molecule has 1 aliphatic heterocycles. The molecule has 3 heteroatoms. The lowest BCUT2D eigenvalue weighted by Gasteiger charge is -2.08. The summed E-state index contributed by atoms with van der Waals surface area (Å²) in [6, 6.07) is 9.64. The second-order valence-corrected chi connectivity index (χ2v) is 3.22. The van der Waals surface area contributed by atoms with Crippen molar-refractivity contribution in [3.05, 3.63) is 35.9 Å². The second-order valence-electron chi connectivity index (χ2n) is 3.22. The highest BCUT2D eigenvalue weighted by Crippen LogP contribution is 2.23. The molecule has 0 saturated carbocycles. The summed E-state index contributed by atoms with van der Waals surface area (Å²) in [5.74, 6) is -0.270. The fraction of sp³-hybridized carbons (Fsp3) is 0.300. The first-order valence-electron chi connectivity index (χ1n) is 4.31. The van der Waals surface area contributed by atoms with Gasteiger partial charge < -0.3 is 10.4 Å². The van der Waals surface area contributed by atoms with Crippen molar-refractivity contribution < 1.29 is 9.90 Å². The SMILES string of the molecule is O=C1N[C@@H](c2ccccc2)C[C@@H]1O. The quantitative estimate of drug-likeness (QED) is 0.660. The van der Waals surface area contributed by atoms with Gasteiger partial charge in [0.25, 0.3) is 0 Å². The molecular formula is C10H11NO2. The second kappa shape index (κ2) is 3.18. The van der Waals surface area contributed by atoms with Crippen LogP contribution >= 0.6 is 0 Å². The molecule has 1 aromatic carbocycles. The van der Waals surface area contributed by atoms with E-state index in [1.165, 1.54) is 0 Å². The monoisotopic (exact) mass is 177 g/mol. The van der Waals surface area contributed by atoms with Crippen molar-refractivity contribution >= 4 is 5.91 Å². The van der Waals surface area contributed by atoms with Crippen LogP contribution in [0, 0.1) is 0 Å². The molecule has 68 valence electrons. The number of carbonyl (C=O) groups is 1. The number of nitrogens with one attached hydrogen (secondary N) is 1. The van der Waals surface area contributed by atoms with Crippen LogP contribution in [0.4, 0.5) is 0 Å². The van der Waals surface area contributed by atoms with Gasteiger partial charge in [0.05, 0.1) is 6.04 Å². The fourth-order valence-electron chi connectivity index (χ4n) is 1.56. The van der Waals surface area contributed by atoms with Gasteiger partial charge in [-0.3, -0.25) is 4.79 Å². The van der Waals surface area contributed by atoms with E-state index >= 15 is 0 Å². The molecule has 0 unspecified atom stereocenters. The van der Waals surface area contributed by atoms with E-state index in [0.717, 1.165) is 5.56 Å². The first kappa shape index (κ1) is 8.26. The maximum absolute atomic E-state index is 11.0. The zero-order chi connectivity index (χ0) is 9.26. The molecule has 3 nitrogen and oxygen atoms in total. The Labute approximate surface area is 76.4 Å². The van der Waals surface area contributed by atoms with Crippen molar-refractivity contribution in [1.29, 1.82) is 0 Å². The summed E-state index contributed by atoms with van der Waals surface area (Å²) < 4.78 is 0. The summed E-state index contributed by atoms with van der Waals surface area (Å²) >= 11 is 0. The van der Waals surface area contributed by atoms with Crippen molar-refractivity contribution in [1.82, 2.24) is 5.32 Å². The fourth-order valence-corrected chi connectivity index (χ4v) is 1.56. The number of aliphatic hydroxyl groups excluding tert-OH is 1. The molecule has 0 aliphatic carbocycles. The topological polar surface area (TPSA) is 49.3 Å². The average Bonchev–Trinajstić information content (AvgIpc) is 2.49. The van der Waals surface area contributed by atoms with E-state index in [2.05, 4.69) is 5.32 Å². The Morgan fingerprint density at radius 1 is 1.31 bits per heavy atom. The van der Waals surface area contributed by atoms with Gasteiger partial charge in [0.15, 0.2) is 0 Å². The number of rotatable bonds is 1. The number of hydrogen-bond donors (Lipinski definition) is 2. The van der Waals surface area contributed by atoms with Gasteiger partial charge in [-0.15, -0.1) is 0 Å². The standard InChI is InChI=1S/C10H11NO2/c12-9-6-8(11-10(9)13)7-4-2-1-3-5-7/h1-5,8-9,12H,6H2,(H,11,13)/t8-,9+/m1/s1. The molecule has 0 radical (unpaired) electrons. The van der Waals surface area contributed by atoms with Crippen LogP contribution in [0.5, 0.6) is 0 Å². The summed E-state index contributed by atoms with van der Waals surface area (Å²) in [5, 5.41) is 11.9. The first-order chi connectivity index (χ1) is 6.27. The zero-order valence-corrected chi connectivity index (χ0v) is 7.10. The summed E-state index contributed by atoms with van der Waals surface area (Å²) in [5.41, 5.74) is 1.05. The summed E-state index contributed by atoms with van der Waals surface area (Å²) in [6.45, 7) is 0. The van der Waals surface area contributed by atoms with Gasteiger partial charge in [-0.1, -0.05) is 30.3 Å². The number of benzene rings is 1. The third-order valence-corrected chi connectivity index (χ3v) is 2.28. The highest BCUT2D eigenvalue weighted by Gasteiger charge is 2.30. The molecule has 2 N–H and O–H groups in total. The smallest absolute Gasteiger partial charge is 0.249 e. The minimum atomic E-state index is -0.842. The molecule has 0 spiro atoms. The predicted octanol–water partition coefficient (Wildman–Crippen LogP) is 0.608. The first-order valence-corrected chi connectivity index (χ1v) is 4.31. The number of amides is 1. The normalized spacial score (nSPS) is 27.3. The minimum absolute atomic E-state index is 0.0244. The van der Waals surface area contributed by atoms with Crippen molar-refractivity contribution in [2.24, 2.45) is 0 Å². The molecule has 0 bridgehead atoms. The van der Waals surface area contributed by atoms with E-state index in [1.54, 1.807) is 0 Å². The van der Waals surface area contributed by atoms with Crippen LogP contribution in [0.3, 0.4) is 0 Å². The number of carbonyl (C=O) groups excluding carboxylic acids is 1. The average molecular weight is 177 g/mol. The Hall–Kier alpha value is -1.35. The summed E-state index contributed by atoms with van der Waals surface area (Å²) in [4.78, 5) is 11.0. The molecule has 1 heterocycles. The molecule has 0 aromatic heterocycles. The predicted molar refractivity (Wildman–Crippen MR) is 47.9 cm³/mol. The van der Waals surface area contributed by atoms with E-state index in [-0.39, 0.29) is 11.9 Å². The molecule has 13 heavy (non-hydrogen) atoms. The van der Waals surface area contributed by atoms with Crippen LogP contribution in [-0.2, 0) is 4.79 Å². The van der Waals surface area contributed by atoms with Gasteiger partial charge in [-0.05, 0) is 5.56 Å². The maximum Gasteiger partial charge on any atom is 0.249 e. The van der Waals surface area contributed by atoms with E-state index in [1.807, 2.05) is 30.3 Å². The van der Waals surface area contributed by atoms with Crippen LogP contribution in [-0.4, -0.2) is 17.1 Å². The van der Waals surface area contributed by atoms with Crippen LogP contribution in [0.2, 0.25) is 0 Å². The zero-order valence-electron chi connectivity index (χ0n) is 7.10. The van der Waals surface area contributed by atoms with Crippen molar-refractivity contribution in [3.63, 3.8) is 0 Å². The van der Waals surface area contributed by atoms with Gasteiger partial charge >= 0.3 is 0 Å². The third kappa shape index (κ3) is 1.55. The summed E-state index contributed by atoms with van der Waals surface area (Å²) in [7, 11) is 0. The van der Waals surface area contributed by atoms with E-state index < -0.39 is 6.10 Å². The lowest BCUT2D eigenvalue weighted by atomic mass is 10.1. The molecule has 1 aliphatic rings. The third-order valence-electron chi connectivity index (χ3n) is 2.28. The summed E-state index contributed by atoms with van der Waals surface area (Å²) in [6.07, 6.45) is -0.367. The maximum atomic E-state index is 11.0. The van der Waals surface area contributed by atoms with E-state index in [9.17, 15) is 9.90 Å². The molecule has 1 aromatic rings. The van der Waals surface area contributed by atoms with Crippen LogP contribution < -0.4 is 5.32 Å². The van der Waals surface area contributed by atoms with E-state index in [4.69, 9.17) is 0 Å². The van der Waals surface area contributed by atoms with Gasteiger partial charge in [-0.25, -0.2) is 0 Å². The van der Waals surface area contributed by atoms with Crippen LogP contribution in [0.15, 0.2) is 30.3 Å². The van der Waals surface area contributed by atoms with Gasteiger partial charge in [0.1, 0.15) is 6.10 Å². The Morgan fingerprint density at radius 2 is 2.00 bits per heavy atom. The highest BCUT2D eigenvalue weighted by atomic mass is 16.3. The van der Waals surface area contributed by atoms with Gasteiger partial charge in [-0.2, -0.15) is 0 Å². The number of aliphatic hydroxyl groups is 1. The lowest BCUT2D eigenvalue weighted by Crippen LogP contribution is -2.23. The Morgan fingerprint density at radius 3 is 2.54 bits per heavy atom. The van der Waals surface area contributed by atoms with Crippen molar-refractivity contribution in [2.75, 3.05) is 0 Å². The molecule has 2 rings (SSSR count). The molecule has 2 atom stereocenters. The Kier molecular flexibility index (Phi) is 2.02. The Bertz CT molecular complexity index is 310. The van der Waals surface area contributed by atoms with Crippen LogP contribution in [0.25, 0.3) is 0 Å². The van der Waals surface area contributed by atoms with Crippen molar-refractivity contribution in [2.45, 2.75) is 18.6 Å². The van der Waals surface area contributed by atoms with Gasteiger partial charge in [0, 0.05) is 6.42 Å². The molecular weight excluding hydrogens is 166 g/mol. The molecule has 1 saturated heterocycles. The molecule has 1 amide bonds. The minimum Gasteiger partial charge on any atom is -0.383 e. The van der Waals surface area contributed by atoms with Crippen molar-refractivity contribution in [3.8, 4) is 0 Å². The van der Waals surface area contributed by atoms with E-state index in [0.29, 0.717) is 6.42 Å². The highest BCUT2D eigenvalue weighted by molar-refractivity contribution is 5.83. The lowest BCUT2D eigenvalue weighted by molar-refractivity contribution is -0.126. The van der Waals surface area contributed by atoms with Crippen LogP contribution in [0.1, 0.15) is 18.0 Å². The number of hydrogen-bond acceptors (Lipinski definition) is 2. The van der Waals surface area contributed by atoms with Gasteiger partial charge in [0.2, 0.25) is 5.91 Å². The largest absolute Gasteiger partial charge is 0.383 e. The molecule has 1 fully saturated rings. The Balaban J connectivity index is 2.17.